The van der Waals surface area contributed by atoms with Gasteiger partial charge in [0.05, 0.1) is 0 Å². The normalized spacial score (nSPS) is 32.0. The molecule has 2 bridgehead atoms. The Bertz CT molecular complexity index is 754. The van der Waals surface area contributed by atoms with Gasteiger partial charge in [0.15, 0.2) is 0 Å². The van der Waals surface area contributed by atoms with Crippen LogP contribution in [0.5, 0.6) is 0 Å². The van der Waals surface area contributed by atoms with Crippen LogP contribution in [0.25, 0.3) is 11.1 Å². The summed E-state index contributed by atoms with van der Waals surface area (Å²) < 4.78 is 0. The fourth-order valence-electron chi connectivity index (χ4n) is 5.92. The Morgan fingerprint density at radius 1 is 1.04 bits per heavy atom. The third kappa shape index (κ3) is 2.02. The molecule has 124 valence electrons. The SMILES string of the molecule is CN1CCC23CCCC[C@H]2[C@H]1Cc1ccc(-c2ccncc2)cc13. The molecule has 1 unspecified atom stereocenters. The number of hydrogen-bond donors (Lipinski definition) is 0. The maximum atomic E-state index is 4.18. The molecular weight excluding hydrogens is 292 g/mol. The van der Waals surface area contributed by atoms with Gasteiger partial charge in [-0.3, -0.25) is 4.98 Å². The molecule has 2 heteroatoms. The van der Waals surface area contributed by atoms with Crippen molar-refractivity contribution in [2.75, 3.05) is 13.6 Å². The van der Waals surface area contributed by atoms with Crippen molar-refractivity contribution in [1.29, 1.82) is 0 Å². The van der Waals surface area contributed by atoms with Gasteiger partial charge in [0, 0.05) is 23.9 Å². The van der Waals surface area contributed by atoms with E-state index in [9.17, 15) is 0 Å². The summed E-state index contributed by atoms with van der Waals surface area (Å²) in [6.45, 7) is 1.26. The molecule has 5 rings (SSSR count). The molecule has 1 aromatic heterocycles. The fourth-order valence-corrected chi connectivity index (χ4v) is 5.92. The minimum atomic E-state index is 0.450. The molecule has 2 aromatic rings. The average Bonchev–Trinajstić information content (AvgIpc) is 2.65. The second kappa shape index (κ2) is 5.42. The Labute approximate surface area is 144 Å². The highest BCUT2D eigenvalue weighted by Gasteiger charge is 2.52. The van der Waals surface area contributed by atoms with Crippen molar-refractivity contribution < 1.29 is 0 Å². The van der Waals surface area contributed by atoms with Crippen molar-refractivity contribution in [3.8, 4) is 11.1 Å². The quantitative estimate of drug-likeness (QED) is 0.773. The second-order valence-corrected chi connectivity index (χ2v) is 8.12. The molecule has 0 spiro atoms. The summed E-state index contributed by atoms with van der Waals surface area (Å²) in [6.07, 6.45) is 12.1. The van der Waals surface area contributed by atoms with E-state index in [1.165, 1.54) is 56.2 Å². The van der Waals surface area contributed by atoms with Gasteiger partial charge < -0.3 is 4.90 Å². The van der Waals surface area contributed by atoms with Crippen LogP contribution in [0.3, 0.4) is 0 Å². The van der Waals surface area contributed by atoms with E-state index in [2.05, 4.69) is 47.3 Å². The first-order valence-corrected chi connectivity index (χ1v) is 9.52. The van der Waals surface area contributed by atoms with Gasteiger partial charge in [-0.1, -0.05) is 31.0 Å². The predicted octanol–water partition coefficient (Wildman–Crippen LogP) is 4.44. The maximum Gasteiger partial charge on any atom is 0.0273 e. The number of nitrogens with zero attached hydrogens (tertiary/aromatic N) is 2. The summed E-state index contributed by atoms with van der Waals surface area (Å²) >= 11 is 0. The van der Waals surface area contributed by atoms with Crippen LogP contribution in [0.2, 0.25) is 0 Å². The highest BCUT2D eigenvalue weighted by atomic mass is 15.1. The first kappa shape index (κ1) is 14.7. The lowest BCUT2D eigenvalue weighted by atomic mass is 9.52. The second-order valence-electron chi connectivity index (χ2n) is 8.12. The average molecular weight is 318 g/mol. The molecule has 2 heterocycles. The molecule has 2 nitrogen and oxygen atoms in total. The van der Waals surface area contributed by atoms with E-state index < -0.39 is 0 Å². The van der Waals surface area contributed by atoms with Crippen molar-refractivity contribution in [2.24, 2.45) is 5.92 Å². The molecule has 1 saturated carbocycles. The van der Waals surface area contributed by atoms with Gasteiger partial charge in [-0.2, -0.15) is 0 Å². The van der Waals surface area contributed by atoms with Gasteiger partial charge >= 0.3 is 0 Å². The van der Waals surface area contributed by atoms with Gasteiger partial charge in [-0.15, -0.1) is 0 Å². The standard InChI is InChI=1S/C22H26N2/c1-24-13-10-22-9-3-2-4-19(22)21(24)15-18-6-5-17(14-20(18)22)16-7-11-23-12-8-16/h5-8,11-12,14,19,21H,2-4,9-10,13,15H2,1H3/t19-,21+,22?/m0/s1. The number of likely N-dealkylation sites (N-methyl/N-ethyl adjacent to an activating group) is 1. The summed E-state index contributed by atoms with van der Waals surface area (Å²) in [6, 6.07) is 12.3. The summed E-state index contributed by atoms with van der Waals surface area (Å²) in [5.74, 6) is 0.866. The van der Waals surface area contributed by atoms with Crippen molar-refractivity contribution in [1.82, 2.24) is 9.88 Å². The van der Waals surface area contributed by atoms with E-state index in [1.54, 1.807) is 11.1 Å². The van der Waals surface area contributed by atoms with Gasteiger partial charge in [-0.05, 0) is 79.6 Å². The number of pyridine rings is 1. The molecule has 24 heavy (non-hydrogen) atoms. The largest absolute Gasteiger partial charge is 0.303 e. The van der Waals surface area contributed by atoms with Gasteiger partial charge in [-0.25, -0.2) is 0 Å². The Hall–Kier alpha value is -1.67. The van der Waals surface area contributed by atoms with Crippen LogP contribution in [-0.2, 0) is 11.8 Å². The number of piperidine rings is 1. The maximum absolute atomic E-state index is 4.18. The van der Waals surface area contributed by atoms with Crippen LogP contribution in [-0.4, -0.2) is 29.5 Å². The van der Waals surface area contributed by atoms with Crippen LogP contribution in [0.15, 0.2) is 42.7 Å². The summed E-state index contributed by atoms with van der Waals surface area (Å²) in [5.41, 5.74) is 6.42. The molecule has 1 aliphatic heterocycles. The fraction of sp³-hybridized carbons (Fsp3) is 0.500. The van der Waals surface area contributed by atoms with Crippen LogP contribution in [0.1, 0.15) is 43.2 Å². The number of likely N-dealkylation sites (tertiary alicyclic amines) is 1. The predicted molar refractivity (Wildman–Crippen MR) is 98.0 cm³/mol. The van der Waals surface area contributed by atoms with Gasteiger partial charge in [0.25, 0.3) is 0 Å². The summed E-state index contributed by atoms with van der Waals surface area (Å²) in [5, 5.41) is 0. The Balaban J connectivity index is 1.66. The van der Waals surface area contributed by atoms with Crippen LogP contribution >= 0.6 is 0 Å². The van der Waals surface area contributed by atoms with E-state index in [-0.39, 0.29) is 0 Å². The molecule has 0 N–H and O–H groups in total. The summed E-state index contributed by atoms with van der Waals surface area (Å²) in [4.78, 5) is 6.82. The zero-order valence-electron chi connectivity index (χ0n) is 14.5. The van der Waals surface area contributed by atoms with Gasteiger partial charge in [0.1, 0.15) is 0 Å². The van der Waals surface area contributed by atoms with E-state index >= 15 is 0 Å². The molecule has 3 atom stereocenters. The topological polar surface area (TPSA) is 16.1 Å². The number of benzene rings is 1. The highest BCUT2D eigenvalue weighted by Crippen LogP contribution is 2.55. The number of aromatic nitrogens is 1. The smallest absolute Gasteiger partial charge is 0.0273 e. The van der Waals surface area contributed by atoms with Gasteiger partial charge in [0.2, 0.25) is 0 Å². The Morgan fingerprint density at radius 2 is 1.92 bits per heavy atom. The Kier molecular flexibility index (Phi) is 3.31. The molecule has 3 aliphatic rings. The third-order valence-corrected chi connectivity index (χ3v) is 7.13. The van der Waals surface area contributed by atoms with Crippen molar-refractivity contribution in [2.45, 2.75) is 50.0 Å². The van der Waals surface area contributed by atoms with Crippen molar-refractivity contribution >= 4 is 0 Å². The lowest BCUT2D eigenvalue weighted by molar-refractivity contribution is 0.00290. The van der Waals surface area contributed by atoms with Crippen molar-refractivity contribution in [3.63, 3.8) is 0 Å². The molecule has 2 aliphatic carbocycles. The lowest BCUT2D eigenvalue weighted by Gasteiger charge is -2.58. The minimum Gasteiger partial charge on any atom is -0.303 e. The number of hydrogen-bond acceptors (Lipinski definition) is 2. The van der Waals surface area contributed by atoms with E-state index in [0.717, 1.165) is 12.0 Å². The van der Waals surface area contributed by atoms with E-state index in [0.29, 0.717) is 5.41 Å². The van der Waals surface area contributed by atoms with E-state index in [1.807, 2.05) is 12.4 Å². The molecule has 0 amide bonds. The monoisotopic (exact) mass is 318 g/mol. The Morgan fingerprint density at radius 3 is 2.79 bits per heavy atom. The number of fused-ring (bicyclic) bond motifs is 1. The van der Waals surface area contributed by atoms with Crippen molar-refractivity contribution in [3.05, 3.63) is 53.9 Å². The highest BCUT2D eigenvalue weighted by molar-refractivity contribution is 5.65. The van der Waals surface area contributed by atoms with Crippen LogP contribution < -0.4 is 0 Å². The minimum absolute atomic E-state index is 0.450. The zero-order valence-corrected chi connectivity index (χ0v) is 14.5. The van der Waals surface area contributed by atoms with E-state index in [4.69, 9.17) is 0 Å². The molecule has 1 aromatic carbocycles. The lowest BCUT2D eigenvalue weighted by Crippen LogP contribution is -2.59. The first-order valence-electron chi connectivity index (χ1n) is 9.52. The van der Waals surface area contributed by atoms with Crippen LogP contribution in [0, 0.1) is 5.92 Å². The molecule has 2 fully saturated rings. The third-order valence-electron chi connectivity index (χ3n) is 7.13. The number of rotatable bonds is 1. The zero-order chi connectivity index (χ0) is 16.1. The molecular formula is C22H26N2. The molecule has 0 radical (unpaired) electrons. The molecule has 1 saturated heterocycles. The first-order chi connectivity index (χ1) is 11.8. The summed E-state index contributed by atoms with van der Waals surface area (Å²) in [7, 11) is 2.35. The van der Waals surface area contributed by atoms with Crippen LogP contribution in [0.4, 0.5) is 0 Å².